The molecule has 4 aromatic rings. The first-order chi connectivity index (χ1) is 19.4. The lowest BCUT2D eigenvalue weighted by atomic mass is 9.81. The number of esters is 1. The Morgan fingerprint density at radius 3 is 2.40 bits per heavy atom. The Morgan fingerprint density at radius 2 is 1.73 bits per heavy atom. The maximum Gasteiger partial charge on any atom is 0.337 e. The fourth-order valence-electron chi connectivity index (χ4n) is 4.69. The molecule has 1 atom stereocenters. The van der Waals surface area contributed by atoms with Crippen molar-refractivity contribution in [3.63, 3.8) is 0 Å². The Balaban J connectivity index is 1.66. The van der Waals surface area contributed by atoms with Gasteiger partial charge in [0.2, 0.25) is 0 Å². The summed E-state index contributed by atoms with van der Waals surface area (Å²) in [7, 11) is 3.92. The number of hydrogen-bond donors (Lipinski definition) is 2. The summed E-state index contributed by atoms with van der Waals surface area (Å²) in [4.78, 5) is 37.0. The lowest BCUT2D eigenvalue weighted by Crippen LogP contribution is -2.31. The van der Waals surface area contributed by atoms with Crippen molar-refractivity contribution in [2.75, 3.05) is 30.9 Å². The minimum absolute atomic E-state index is 0.204. The molecule has 0 radical (unpaired) electrons. The maximum atomic E-state index is 13.7. The second kappa shape index (κ2) is 12.0. The highest BCUT2D eigenvalue weighted by Crippen LogP contribution is 2.43. The Hall–Kier alpha value is -4.01. The second-order valence-corrected chi connectivity index (χ2v) is 10.8. The van der Waals surface area contributed by atoms with Crippen molar-refractivity contribution in [2.24, 2.45) is 0 Å². The number of H-pyrrole nitrogens is 1. The molecule has 0 saturated carbocycles. The molecular weight excluding hydrogens is 544 g/mol. The van der Waals surface area contributed by atoms with Gasteiger partial charge in [0.05, 0.1) is 29.4 Å². The van der Waals surface area contributed by atoms with Crippen LogP contribution in [-0.2, 0) is 15.3 Å². The van der Waals surface area contributed by atoms with Gasteiger partial charge in [-0.15, -0.1) is 0 Å². The van der Waals surface area contributed by atoms with Crippen LogP contribution in [0.1, 0.15) is 35.1 Å². The van der Waals surface area contributed by atoms with Crippen molar-refractivity contribution in [3.05, 3.63) is 122 Å². The number of aromatic nitrogens is 2. The summed E-state index contributed by atoms with van der Waals surface area (Å²) >= 11 is 7.73. The van der Waals surface area contributed by atoms with Crippen molar-refractivity contribution >= 4 is 46.5 Å². The third kappa shape index (κ3) is 5.64. The van der Waals surface area contributed by atoms with E-state index in [0.717, 1.165) is 22.4 Å². The van der Waals surface area contributed by atoms with Gasteiger partial charge in [-0.1, -0.05) is 84.0 Å². The van der Waals surface area contributed by atoms with E-state index in [0.29, 0.717) is 38.6 Å². The summed E-state index contributed by atoms with van der Waals surface area (Å²) in [6.45, 7) is 1.97. The van der Waals surface area contributed by atoms with Gasteiger partial charge < -0.3 is 19.9 Å². The Labute approximate surface area is 242 Å². The van der Waals surface area contributed by atoms with Crippen molar-refractivity contribution in [3.8, 4) is 0 Å². The molecule has 0 aliphatic carbocycles. The molecule has 1 unspecified atom stereocenters. The van der Waals surface area contributed by atoms with E-state index in [1.165, 1.54) is 11.8 Å². The number of nitrogens with zero attached hydrogens (tertiary/aromatic N) is 2. The minimum Gasteiger partial charge on any atom is -0.463 e. The molecule has 40 heavy (non-hydrogen) atoms. The third-order valence-corrected chi connectivity index (χ3v) is 7.94. The van der Waals surface area contributed by atoms with E-state index >= 15 is 0 Å². The normalized spacial score (nSPS) is 14.3. The van der Waals surface area contributed by atoms with Gasteiger partial charge in [-0.3, -0.25) is 4.79 Å². The van der Waals surface area contributed by atoms with Gasteiger partial charge in [0.15, 0.2) is 5.16 Å². The smallest absolute Gasteiger partial charge is 0.337 e. The number of aromatic amines is 1. The molecule has 0 saturated heterocycles. The van der Waals surface area contributed by atoms with Crippen LogP contribution in [0.3, 0.4) is 0 Å². The maximum absolute atomic E-state index is 13.7. The van der Waals surface area contributed by atoms with Gasteiger partial charge in [0, 0.05) is 30.6 Å². The number of benzene rings is 3. The molecule has 1 aliphatic heterocycles. The molecule has 9 heteroatoms. The lowest BCUT2D eigenvalue weighted by Gasteiger charge is -2.30. The zero-order chi connectivity index (χ0) is 28.2. The van der Waals surface area contributed by atoms with Gasteiger partial charge in [-0.2, -0.15) is 0 Å². The zero-order valence-electron chi connectivity index (χ0n) is 22.4. The quantitative estimate of drug-likeness (QED) is 0.145. The number of carbonyl (C=O) groups excluding carboxylic acids is 1. The van der Waals surface area contributed by atoms with Gasteiger partial charge >= 0.3 is 5.97 Å². The molecule has 1 aliphatic rings. The van der Waals surface area contributed by atoms with E-state index < -0.39 is 11.9 Å². The summed E-state index contributed by atoms with van der Waals surface area (Å²) in [6.07, 6.45) is 0. The summed E-state index contributed by atoms with van der Waals surface area (Å²) in [5.41, 5.74) is 4.48. The van der Waals surface area contributed by atoms with E-state index in [1.54, 1.807) is 6.92 Å². The average Bonchev–Trinajstić information content (AvgIpc) is 2.96. The fraction of sp³-hybridized carbons (Fsp3) is 0.194. The number of fused-ring (bicyclic) bond motifs is 1. The van der Waals surface area contributed by atoms with Crippen molar-refractivity contribution in [1.82, 2.24) is 9.97 Å². The van der Waals surface area contributed by atoms with Gasteiger partial charge in [0.1, 0.15) is 5.82 Å². The van der Waals surface area contributed by atoms with Crippen molar-refractivity contribution in [2.45, 2.75) is 23.8 Å². The predicted octanol–water partition coefficient (Wildman–Crippen LogP) is 6.31. The van der Waals surface area contributed by atoms with Crippen LogP contribution in [-0.4, -0.2) is 36.6 Å². The molecular formula is C31H29ClN4O3S. The number of halogens is 1. The fourth-order valence-corrected chi connectivity index (χ4v) is 5.84. The van der Waals surface area contributed by atoms with Crippen LogP contribution < -0.4 is 15.8 Å². The van der Waals surface area contributed by atoms with E-state index in [4.69, 9.17) is 21.3 Å². The number of hydrogen-bond acceptors (Lipinski definition) is 7. The standard InChI is InChI=1S/C31H29ClN4O3S/c1-4-39-30(38)25-24(19-14-16-22(17-15-19)36(2)3)26-28(33-27(25)20-10-6-5-7-11-20)34-31(35-29(26)37)40-18-21-12-8-9-13-23(21)32/h5-17,24H,4,18H2,1-3H3,(H2,33,34,35,37). The summed E-state index contributed by atoms with van der Waals surface area (Å²) in [5, 5.41) is 4.43. The first-order valence-corrected chi connectivity index (χ1v) is 14.2. The molecule has 2 N–H and O–H groups in total. The number of anilines is 2. The molecule has 5 rings (SSSR count). The number of thioether (sulfide) groups is 1. The third-order valence-electron chi connectivity index (χ3n) is 6.65. The van der Waals surface area contributed by atoms with Crippen LogP contribution in [0, 0.1) is 0 Å². The Bertz CT molecular complexity index is 1620. The van der Waals surface area contributed by atoms with Crippen LogP contribution in [0.25, 0.3) is 5.70 Å². The minimum atomic E-state index is -0.694. The molecule has 7 nitrogen and oxygen atoms in total. The molecule has 3 aromatic carbocycles. The van der Waals surface area contributed by atoms with E-state index in [1.807, 2.05) is 97.9 Å². The summed E-state index contributed by atoms with van der Waals surface area (Å²) in [6, 6.07) is 24.9. The molecule has 0 spiro atoms. The molecule has 1 aromatic heterocycles. The molecule has 0 fully saturated rings. The van der Waals surface area contributed by atoms with Crippen LogP contribution in [0.5, 0.6) is 0 Å². The van der Waals surface area contributed by atoms with Crippen molar-refractivity contribution < 1.29 is 9.53 Å². The highest BCUT2D eigenvalue weighted by Gasteiger charge is 2.38. The van der Waals surface area contributed by atoms with Crippen LogP contribution in [0.4, 0.5) is 11.5 Å². The SMILES string of the molecule is CCOC(=O)C1=C(c2ccccc2)Nc2nc(SCc3ccccc3Cl)[nH]c(=O)c2C1c1ccc(N(C)C)cc1. The Kier molecular flexibility index (Phi) is 8.28. The van der Waals surface area contributed by atoms with Crippen LogP contribution in [0.15, 0.2) is 94.4 Å². The average molecular weight is 573 g/mol. The van der Waals surface area contributed by atoms with Gasteiger partial charge in [0.25, 0.3) is 5.56 Å². The highest BCUT2D eigenvalue weighted by atomic mass is 35.5. The highest BCUT2D eigenvalue weighted by molar-refractivity contribution is 7.98. The summed E-state index contributed by atoms with van der Waals surface area (Å²) in [5.74, 6) is -0.246. The molecule has 0 amide bonds. The van der Waals surface area contributed by atoms with Gasteiger partial charge in [-0.05, 0) is 41.8 Å². The second-order valence-electron chi connectivity index (χ2n) is 9.43. The number of nitrogens with one attached hydrogen (secondary N) is 2. The van der Waals surface area contributed by atoms with E-state index in [9.17, 15) is 9.59 Å². The van der Waals surface area contributed by atoms with Crippen molar-refractivity contribution in [1.29, 1.82) is 0 Å². The molecule has 0 bridgehead atoms. The van der Waals surface area contributed by atoms with E-state index in [-0.39, 0.29) is 12.2 Å². The summed E-state index contributed by atoms with van der Waals surface area (Å²) < 4.78 is 5.53. The van der Waals surface area contributed by atoms with E-state index in [2.05, 4.69) is 10.3 Å². The molecule has 204 valence electrons. The van der Waals surface area contributed by atoms with Crippen LogP contribution in [0.2, 0.25) is 5.02 Å². The first-order valence-electron chi connectivity index (χ1n) is 12.9. The van der Waals surface area contributed by atoms with Gasteiger partial charge in [-0.25, -0.2) is 9.78 Å². The number of carbonyl (C=O) groups is 1. The first kappa shape index (κ1) is 27.6. The predicted molar refractivity (Wildman–Crippen MR) is 162 cm³/mol. The molecule has 2 heterocycles. The van der Waals surface area contributed by atoms with Crippen LogP contribution >= 0.6 is 23.4 Å². The number of ether oxygens (including phenoxy) is 1. The number of rotatable bonds is 8. The topological polar surface area (TPSA) is 87.3 Å². The Morgan fingerprint density at radius 1 is 1.02 bits per heavy atom. The lowest BCUT2D eigenvalue weighted by molar-refractivity contribution is -0.138. The zero-order valence-corrected chi connectivity index (χ0v) is 24.0. The monoisotopic (exact) mass is 572 g/mol. The largest absolute Gasteiger partial charge is 0.463 e.